The molecule has 0 fully saturated rings. The van der Waals surface area contributed by atoms with Crippen LogP contribution in [0.3, 0.4) is 0 Å². The predicted molar refractivity (Wildman–Crippen MR) is 137 cm³/mol. The lowest BCUT2D eigenvalue weighted by molar-refractivity contribution is -0.138. The zero-order valence-corrected chi connectivity index (χ0v) is 20.9. The van der Waals surface area contributed by atoms with E-state index in [4.69, 9.17) is 18.9 Å². The lowest BCUT2D eigenvalue weighted by Crippen LogP contribution is -2.40. The summed E-state index contributed by atoms with van der Waals surface area (Å²) in [6.07, 6.45) is 1.71. The van der Waals surface area contributed by atoms with Gasteiger partial charge in [-0.3, -0.25) is 9.36 Å². The van der Waals surface area contributed by atoms with Crippen LogP contribution in [-0.4, -0.2) is 24.3 Å². The molecule has 3 heterocycles. The molecule has 7 nitrogen and oxygen atoms in total. The Hall–Kier alpha value is -4.17. The smallest absolute Gasteiger partial charge is 0.338 e. The van der Waals surface area contributed by atoms with Crippen molar-refractivity contribution in [3.8, 4) is 5.75 Å². The van der Waals surface area contributed by atoms with Crippen LogP contribution in [0.2, 0.25) is 0 Å². The first-order valence-electron chi connectivity index (χ1n) is 11.5. The summed E-state index contributed by atoms with van der Waals surface area (Å²) in [6, 6.07) is 19.7. The van der Waals surface area contributed by atoms with E-state index in [2.05, 4.69) is 0 Å². The van der Waals surface area contributed by atoms with Crippen LogP contribution < -0.4 is 19.6 Å². The zero-order valence-electron chi connectivity index (χ0n) is 20.1. The third-order valence-electron chi connectivity index (χ3n) is 5.84. The van der Waals surface area contributed by atoms with E-state index >= 15 is 0 Å². The van der Waals surface area contributed by atoms with Gasteiger partial charge in [0.05, 0.1) is 35.6 Å². The van der Waals surface area contributed by atoms with E-state index in [1.54, 1.807) is 24.7 Å². The molecular formula is C28H24N2O5S. The number of furan rings is 1. The molecule has 0 saturated heterocycles. The van der Waals surface area contributed by atoms with Gasteiger partial charge in [0.1, 0.15) is 17.3 Å². The molecule has 0 N–H and O–H groups in total. The minimum Gasteiger partial charge on any atom is -0.497 e. The van der Waals surface area contributed by atoms with Gasteiger partial charge >= 0.3 is 5.97 Å². The number of aromatic nitrogens is 1. The standard InChI is InChI=1S/C28H24N2O5S/c1-4-34-27(32)23-24(18-8-6-5-7-9-18)29-28-30(25(23)19-11-14-20(33-3)15-12-19)26(31)22(36-28)16-21-13-10-17(2)35-21/h5-16,25H,4H2,1-3H3/b22-16-. The average Bonchev–Trinajstić information content (AvgIpc) is 3.45. The van der Waals surface area contributed by atoms with Gasteiger partial charge < -0.3 is 13.9 Å². The predicted octanol–water partition coefficient (Wildman–Crippen LogP) is 3.85. The quantitative estimate of drug-likeness (QED) is 0.376. The zero-order chi connectivity index (χ0) is 25.2. The summed E-state index contributed by atoms with van der Waals surface area (Å²) >= 11 is 1.25. The summed E-state index contributed by atoms with van der Waals surface area (Å²) in [6.45, 7) is 3.80. The summed E-state index contributed by atoms with van der Waals surface area (Å²) < 4.78 is 18.5. The Morgan fingerprint density at radius 1 is 1.11 bits per heavy atom. The van der Waals surface area contributed by atoms with E-state index in [0.29, 0.717) is 32.1 Å². The Kier molecular flexibility index (Phi) is 6.43. The van der Waals surface area contributed by atoms with Crippen molar-refractivity contribution in [3.63, 3.8) is 0 Å². The van der Waals surface area contributed by atoms with E-state index < -0.39 is 12.0 Å². The molecular weight excluding hydrogens is 476 g/mol. The Morgan fingerprint density at radius 2 is 1.86 bits per heavy atom. The molecule has 0 amide bonds. The number of nitrogens with zero attached hydrogens (tertiary/aromatic N) is 2. The van der Waals surface area contributed by atoms with Gasteiger partial charge in [-0.05, 0) is 43.7 Å². The van der Waals surface area contributed by atoms with Crippen LogP contribution in [0.15, 0.2) is 86.5 Å². The molecule has 5 rings (SSSR count). The monoisotopic (exact) mass is 500 g/mol. The minimum atomic E-state index is -0.734. The van der Waals surface area contributed by atoms with Crippen LogP contribution in [0, 0.1) is 6.92 Å². The molecule has 1 atom stereocenters. The molecule has 2 aromatic heterocycles. The average molecular weight is 501 g/mol. The Labute approximate surface area is 211 Å². The van der Waals surface area contributed by atoms with Gasteiger partial charge in [0, 0.05) is 11.6 Å². The molecule has 1 unspecified atom stereocenters. The number of hydrogen-bond donors (Lipinski definition) is 0. The van der Waals surface area contributed by atoms with Crippen LogP contribution in [0.25, 0.3) is 11.8 Å². The molecule has 0 spiro atoms. The normalized spacial score (nSPS) is 15.4. The van der Waals surface area contributed by atoms with E-state index in [0.717, 1.165) is 16.9 Å². The van der Waals surface area contributed by atoms with Gasteiger partial charge in [-0.2, -0.15) is 0 Å². The van der Waals surface area contributed by atoms with Gasteiger partial charge in [0.25, 0.3) is 5.56 Å². The first-order chi connectivity index (χ1) is 17.5. The molecule has 1 aliphatic rings. The second kappa shape index (κ2) is 9.83. The van der Waals surface area contributed by atoms with Gasteiger partial charge in [0.2, 0.25) is 0 Å². The van der Waals surface area contributed by atoms with Gasteiger partial charge in [-0.1, -0.05) is 53.8 Å². The van der Waals surface area contributed by atoms with E-state index in [9.17, 15) is 9.59 Å². The largest absolute Gasteiger partial charge is 0.497 e. The number of fused-ring (bicyclic) bond motifs is 1. The number of thiazole rings is 1. The molecule has 0 aliphatic carbocycles. The van der Waals surface area contributed by atoms with Gasteiger partial charge in [0.15, 0.2) is 4.80 Å². The third-order valence-corrected chi connectivity index (χ3v) is 6.82. The Bertz CT molecular complexity index is 1630. The molecule has 2 aromatic carbocycles. The SMILES string of the molecule is CCOC(=O)C1=C(c2ccccc2)N=c2s/c(=C\c3ccc(C)o3)c(=O)n2C1c1ccc(OC)cc1. The van der Waals surface area contributed by atoms with Gasteiger partial charge in [-0.25, -0.2) is 9.79 Å². The molecule has 182 valence electrons. The Balaban J connectivity index is 1.82. The number of esters is 1. The van der Waals surface area contributed by atoms with Crippen molar-refractivity contribution in [1.29, 1.82) is 0 Å². The van der Waals surface area contributed by atoms with Crippen LogP contribution in [-0.2, 0) is 9.53 Å². The minimum absolute atomic E-state index is 0.196. The number of carbonyl (C=O) groups excluding carboxylic acids is 1. The number of carbonyl (C=O) groups is 1. The fraction of sp³-hybridized carbons (Fsp3) is 0.179. The lowest BCUT2D eigenvalue weighted by atomic mass is 9.93. The van der Waals surface area contributed by atoms with E-state index in [1.165, 1.54) is 11.3 Å². The summed E-state index contributed by atoms with van der Waals surface area (Å²) in [5.74, 6) is 1.48. The number of ether oxygens (including phenoxy) is 2. The second-order valence-corrected chi connectivity index (χ2v) is 9.16. The highest BCUT2D eigenvalue weighted by Crippen LogP contribution is 2.35. The third kappa shape index (κ3) is 4.31. The van der Waals surface area contributed by atoms with Crippen molar-refractivity contribution < 1.29 is 18.7 Å². The molecule has 36 heavy (non-hydrogen) atoms. The maximum atomic E-state index is 13.7. The highest BCUT2D eigenvalue weighted by molar-refractivity contribution is 7.07. The number of methoxy groups -OCH3 is 1. The van der Waals surface area contributed by atoms with Crippen LogP contribution in [0.4, 0.5) is 0 Å². The topological polar surface area (TPSA) is 83.0 Å². The first-order valence-corrected chi connectivity index (χ1v) is 12.3. The summed E-state index contributed by atoms with van der Waals surface area (Å²) in [4.78, 5) is 32.5. The highest BCUT2D eigenvalue weighted by atomic mass is 32.1. The fourth-order valence-electron chi connectivity index (χ4n) is 4.20. The first kappa shape index (κ1) is 23.6. The number of hydrogen-bond acceptors (Lipinski definition) is 7. The van der Waals surface area contributed by atoms with E-state index in [1.807, 2.05) is 73.7 Å². The van der Waals surface area contributed by atoms with Crippen LogP contribution in [0.1, 0.15) is 35.6 Å². The van der Waals surface area contributed by atoms with Gasteiger partial charge in [-0.15, -0.1) is 0 Å². The maximum absolute atomic E-state index is 13.7. The molecule has 0 radical (unpaired) electrons. The molecule has 0 saturated carbocycles. The summed E-state index contributed by atoms with van der Waals surface area (Å²) in [5, 5.41) is 0. The maximum Gasteiger partial charge on any atom is 0.338 e. The number of benzene rings is 2. The molecule has 4 aromatic rings. The highest BCUT2D eigenvalue weighted by Gasteiger charge is 2.35. The van der Waals surface area contributed by atoms with Crippen molar-refractivity contribution in [2.75, 3.05) is 13.7 Å². The number of aryl methyl sites for hydroxylation is 1. The lowest BCUT2D eigenvalue weighted by Gasteiger charge is -2.26. The molecule has 0 bridgehead atoms. The summed E-state index contributed by atoms with van der Waals surface area (Å²) in [7, 11) is 1.59. The van der Waals surface area contributed by atoms with Crippen molar-refractivity contribution >= 4 is 29.1 Å². The number of rotatable bonds is 6. The Morgan fingerprint density at radius 3 is 2.50 bits per heavy atom. The molecule has 1 aliphatic heterocycles. The van der Waals surface area contributed by atoms with Crippen molar-refractivity contribution in [3.05, 3.63) is 115 Å². The van der Waals surface area contributed by atoms with Crippen LogP contribution in [0.5, 0.6) is 5.75 Å². The molecule has 8 heteroatoms. The van der Waals surface area contributed by atoms with Crippen molar-refractivity contribution in [1.82, 2.24) is 4.57 Å². The summed E-state index contributed by atoms with van der Waals surface area (Å²) in [5.41, 5.74) is 2.03. The van der Waals surface area contributed by atoms with E-state index in [-0.39, 0.29) is 12.2 Å². The van der Waals surface area contributed by atoms with Crippen LogP contribution >= 0.6 is 11.3 Å². The van der Waals surface area contributed by atoms with Crippen molar-refractivity contribution in [2.45, 2.75) is 19.9 Å². The van der Waals surface area contributed by atoms with Crippen molar-refractivity contribution in [2.24, 2.45) is 4.99 Å². The fourth-order valence-corrected chi connectivity index (χ4v) is 5.18. The second-order valence-electron chi connectivity index (χ2n) is 8.15.